The molecule has 4 rings (SSSR count). The highest BCUT2D eigenvalue weighted by Crippen LogP contribution is 2.35. The Morgan fingerprint density at radius 1 is 1.27 bits per heavy atom. The number of alkyl halides is 3. The molecule has 1 N–H and O–H groups in total. The predicted molar refractivity (Wildman–Crippen MR) is 110 cm³/mol. The van der Waals surface area contributed by atoms with E-state index in [-0.39, 0.29) is 20.6 Å². The number of carbonyl (C=O) groups excluding carboxylic acids is 2. The summed E-state index contributed by atoms with van der Waals surface area (Å²) >= 11 is 7.09. The van der Waals surface area contributed by atoms with Crippen LogP contribution in [0.4, 0.5) is 24.5 Å². The van der Waals surface area contributed by atoms with E-state index in [1.807, 2.05) is 0 Å². The van der Waals surface area contributed by atoms with Gasteiger partial charge in [-0.1, -0.05) is 11.6 Å². The Balaban J connectivity index is 1.65. The fourth-order valence-electron chi connectivity index (χ4n) is 3.35. The van der Waals surface area contributed by atoms with Crippen LogP contribution in [0.2, 0.25) is 5.02 Å². The van der Waals surface area contributed by atoms with Crippen molar-refractivity contribution in [3.63, 3.8) is 0 Å². The third-order valence-electron chi connectivity index (χ3n) is 4.88. The van der Waals surface area contributed by atoms with Crippen molar-refractivity contribution in [2.45, 2.75) is 25.9 Å². The molecule has 1 fully saturated rings. The van der Waals surface area contributed by atoms with Crippen LogP contribution in [0.15, 0.2) is 30.3 Å². The molecule has 0 aliphatic carbocycles. The van der Waals surface area contributed by atoms with Gasteiger partial charge >= 0.3 is 6.18 Å². The van der Waals surface area contributed by atoms with E-state index in [1.165, 1.54) is 6.07 Å². The first-order chi connectivity index (χ1) is 14.1. The Morgan fingerprint density at radius 3 is 2.70 bits per heavy atom. The maximum Gasteiger partial charge on any atom is 0.433 e. The van der Waals surface area contributed by atoms with E-state index in [4.69, 9.17) is 11.6 Å². The molecule has 0 unspecified atom stereocenters. The summed E-state index contributed by atoms with van der Waals surface area (Å²) in [5.74, 6) is -0.502. The number of nitrogens with zero attached hydrogens (tertiary/aromatic N) is 2. The lowest BCUT2D eigenvalue weighted by Crippen LogP contribution is -2.23. The number of hydrogen-bond donors (Lipinski definition) is 1. The third-order valence-corrected chi connectivity index (χ3v) is 6.41. The summed E-state index contributed by atoms with van der Waals surface area (Å²) in [5, 5.41) is 3.48. The zero-order valence-corrected chi connectivity index (χ0v) is 17.2. The zero-order chi connectivity index (χ0) is 21.6. The molecule has 3 heterocycles. The standard InChI is InChI=1S/C20H15ClF3N3O2S/c1-10-12-5-7-15(20(22,23)24)26-19(12)30-17(10)18(29)25-14-9-11(4-6-13(14)21)27-8-2-3-16(27)28/h4-7,9H,2-3,8H2,1H3,(H,25,29). The predicted octanol–water partition coefficient (Wildman–Crippen LogP) is 5.66. The Kier molecular flexibility index (Phi) is 5.19. The van der Waals surface area contributed by atoms with Crippen molar-refractivity contribution in [3.8, 4) is 0 Å². The molecule has 1 saturated heterocycles. The lowest BCUT2D eigenvalue weighted by molar-refractivity contribution is -0.140. The fourth-order valence-corrected chi connectivity index (χ4v) is 4.59. The summed E-state index contributed by atoms with van der Waals surface area (Å²) in [6.07, 6.45) is -3.33. The van der Waals surface area contributed by atoms with Crippen molar-refractivity contribution >= 4 is 56.3 Å². The molecule has 1 aromatic carbocycles. The molecule has 1 aliphatic rings. The SMILES string of the molecule is Cc1c(C(=O)Nc2cc(N3CCCC3=O)ccc2Cl)sc2nc(C(F)(F)F)ccc12. The van der Waals surface area contributed by atoms with Crippen molar-refractivity contribution in [1.29, 1.82) is 0 Å². The van der Waals surface area contributed by atoms with Gasteiger partial charge < -0.3 is 10.2 Å². The summed E-state index contributed by atoms with van der Waals surface area (Å²) in [4.78, 5) is 30.5. The number of amides is 2. The van der Waals surface area contributed by atoms with Gasteiger partial charge in [0.05, 0.1) is 15.6 Å². The smallest absolute Gasteiger partial charge is 0.320 e. The Bertz CT molecular complexity index is 1180. The second-order valence-electron chi connectivity index (χ2n) is 6.87. The highest BCUT2D eigenvalue weighted by atomic mass is 35.5. The molecule has 30 heavy (non-hydrogen) atoms. The number of pyridine rings is 1. The molecule has 0 bridgehead atoms. The topological polar surface area (TPSA) is 62.3 Å². The summed E-state index contributed by atoms with van der Waals surface area (Å²) in [7, 11) is 0. The molecule has 5 nitrogen and oxygen atoms in total. The number of anilines is 2. The second kappa shape index (κ2) is 7.55. The molecule has 0 spiro atoms. The van der Waals surface area contributed by atoms with E-state index in [0.29, 0.717) is 35.3 Å². The molecule has 10 heteroatoms. The fraction of sp³-hybridized carbons (Fsp3) is 0.250. The molecule has 0 atom stereocenters. The van der Waals surface area contributed by atoms with Crippen LogP contribution in [0.3, 0.4) is 0 Å². The van der Waals surface area contributed by atoms with Crippen LogP contribution >= 0.6 is 22.9 Å². The molecule has 2 amide bonds. The molecule has 3 aromatic rings. The Morgan fingerprint density at radius 2 is 2.03 bits per heavy atom. The number of carbonyl (C=O) groups is 2. The summed E-state index contributed by atoms with van der Waals surface area (Å²) < 4.78 is 38.8. The molecule has 0 radical (unpaired) electrons. The second-order valence-corrected chi connectivity index (χ2v) is 8.28. The van der Waals surface area contributed by atoms with E-state index in [1.54, 1.807) is 30.0 Å². The van der Waals surface area contributed by atoms with Crippen LogP contribution in [0.25, 0.3) is 10.2 Å². The Labute approximate surface area is 178 Å². The average Bonchev–Trinajstić information content (AvgIpc) is 3.26. The van der Waals surface area contributed by atoms with E-state index in [2.05, 4.69) is 10.3 Å². The monoisotopic (exact) mass is 453 g/mol. The van der Waals surface area contributed by atoms with Crippen molar-refractivity contribution in [2.24, 2.45) is 0 Å². The minimum absolute atomic E-state index is 0.00138. The van der Waals surface area contributed by atoms with Gasteiger partial charge in [-0.2, -0.15) is 13.2 Å². The number of thiophene rings is 1. The molecule has 2 aromatic heterocycles. The van der Waals surface area contributed by atoms with Crippen molar-refractivity contribution < 1.29 is 22.8 Å². The maximum atomic E-state index is 12.9. The first-order valence-electron chi connectivity index (χ1n) is 9.04. The number of benzene rings is 1. The first kappa shape index (κ1) is 20.6. The third kappa shape index (κ3) is 3.75. The van der Waals surface area contributed by atoms with Gasteiger partial charge in [0.2, 0.25) is 5.91 Å². The number of halogens is 4. The van der Waals surface area contributed by atoms with Gasteiger partial charge in [-0.25, -0.2) is 4.98 Å². The summed E-state index contributed by atoms with van der Waals surface area (Å²) in [6, 6.07) is 7.13. The number of hydrogen-bond acceptors (Lipinski definition) is 4. The lowest BCUT2D eigenvalue weighted by atomic mass is 10.1. The van der Waals surface area contributed by atoms with Gasteiger partial charge in [0, 0.05) is 24.0 Å². The van der Waals surface area contributed by atoms with Gasteiger partial charge in [0.15, 0.2) is 0 Å². The summed E-state index contributed by atoms with van der Waals surface area (Å²) in [5.41, 5.74) is 0.478. The van der Waals surface area contributed by atoms with Crippen LogP contribution in [-0.2, 0) is 11.0 Å². The molecule has 1 aliphatic heterocycles. The minimum atomic E-state index is -4.56. The maximum absolute atomic E-state index is 12.9. The normalized spacial score (nSPS) is 14.6. The van der Waals surface area contributed by atoms with Crippen LogP contribution in [0.1, 0.15) is 33.8 Å². The van der Waals surface area contributed by atoms with Gasteiger partial charge in [-0.15, -0.1) is 11.3 Å². The zero-order valence-electron chi connectivity index (χ0n) is 15.6. The van der Waals surface area contributed by atoms with E-state index in [0.717, 1.165) is 23.8 Å². The van der Waals surface area contributed by atoms with Crippen LogP contribution in [0.5, 0.6) is 0 Å². The molecular weight excluding hydrogens is 439 g/mol. The van der Waals surface area contributed by atoms with Gasteiger partial charge in [0.25, 0.3) is 5.91 Å². The van der Waals surface area contributed by atoms with Crippen molar-refractivity contribution in [2.75, 3.05) is 16.8 Å². The van der Waals surface area contributed by atoms with Crippen LogP contribution in [-0.4, -0.2) is 23.3 Å². The highest BCUT2D eigenvalue weighted by Gasteiger charge is 2.33. The Hall–Kier alpha value is -2.65. The quantitative estimate of drug-likeness (QED) is 0.557. The lowest BCUT2D eigenvalue weighted by Gasteiger charge is -2.17. The van der Waals surface area contributed by atoms with Crippen molar-refractivity contribution in [3.05, 3.63) is 51.5 Å². The number of nitrogens with one attached hydrogen (secondary N) is 1. The highest BCUT2D eigenvalue weighted by molar-refractivity contribution is 7.20. The van der Waals surface area contributed by atoms with Crippen molar-refractivity contribution in [1.82, 2.24) is 4.98 Å². The summed E-state index contributed by atoms with van der Waals surface area (Å²) in [6.45, 7) is 2.25. The van der Waals surface area contributed by atoms with Crippen LogP contribution in [0, 0.1) is 6.92 Å². The van der Waals surface area contributed by atoms with E-state index >= 15 is 0 Å². The molecule has 0 saturated carbocycles. The largest absolute Gasteiger partial charge is 0.433 e. The molecular formula is C20H15ClF3N3O2S. The minimum Gasteiger partial charge on any atom is -0.320 e. The van der Waals surface area contributed by atoms with Gasteiger partial charge in [-0.05, 0) is 49.2 Å². The van der Waals surface area contributed by atoms with E-state index in [9.17, 15) is 22.8 Å². The van der Waals surface area contributed by atoms with Crippen LogP contribution < -0.4 is 10.2 Å². The van der Waals surface area contributed by atoms with Gasteiger partial charge in [-0.3, -0.25) is 9.59 Å². The number of fused-ring (bicyclic) bond motifs is 1. The number of rotatable bonds is 3. The number of aryl methyl sites for hydroxylation is 1. The first-order valence-corrected chi connectivity index (χ1v) is 10.2. The van der Waals surface area contributed by atoms with Gasteiger partial charge in [0.1, 0.15) is 10.5 Å². The molecule has 156 valence electrons. The van der Waals surface area contributed by atoms with E-state index < -0.39 is 17.8 Å². The average molecular weight is 454 g/mol. The number of aromatic nitrogens is 1.